The van der Waals surface area contributed by atoms with Crippen LogP contribution in [-0.4, -0.2) is 15.4 Å². The van der Waals surface area contributed by atoms with E-state index in [1.807, 2.05) is 6.07 Å². The van der Waals surface area contributed by atoms with E-state index in [-0.39, 0.29) is 5.54 Å². The average molecular weight is 314 g/mol. The molecule has 1 saturated carbocycles. The van der Waals surface area contributed by atoms with Crippen LogP contribution in [0.25, 0.3) is 11.0 Å². The Morgan fingerprint density at radius 2 is 2.24 bits per heavy atom. The lowest BCUT2D eigenvalue weighted by molar-refractivity contribution is 0.525. The second-order valence-electron chi connectivity index (χ2n) is 4.93. The van der Waals surface area contributed by atoms with Crippen LogP contribution in [0.5, 0.6) is 0 Å². The van der Waals surface area contributed by atoms with Gasteiger partial charge in [0.1, 0.15) is 5.82 Å². The summed E-state index contributed by atoms with van der Waals surface area (Å²) < 4.78 is 3.49. The van der Waals surface area contributed by atoms with E-state index in [2.05, 4.69) is 39.6 Å². The number of halogens is 2. The Kier molecular flexibility index (Phi) is 2.71. The van der Waals surface area contributed by atoms with Crippen LogP contribution < -0.4 is 0 Å². The molecule has 0 radical (unpaired) electrons. The maximum atomic E-state index is 5.87. The zero-order chi connectivity index (χ0) is 12.0. The number of hydrogen-bond acceptors (Lipinski definition) is 1. The normalized spacial score (nSPS) is 17.6. The molecule has 17 heavy (non-hydrogen) atoms. The molecule has 0 N–H and O–H groups in total. The molecule has 0 amide bonds. The van der Waals surface area contributed by atoms with Gasteiger partial charge in [0.15, 0.2) is 0 Å². The summed E-state index contributed by atoms with van der Waals surface area (Å²) in [4.78, 5) is 4.71. The van der Waals surface area contributed by atoms with E-state index in [4.69, 9.17) is 16.6 Å². The molecule has 0 unspecified atom stereocenters. The van der Waals surface area contributed by atoms with Crippen LogP contribution in [-0.2, 0) is 12.0 Å². The van der Waals surface area contributed by atoms with E-state index in [9.17, 15) is 0 Å². The Morgan fingerprint density at radius 1 is 1.47 bits per heavy atom. The first-order valence-corrected chi connectivity index (χ1v) is 7.20. The van der Waals surface area contributed by atoms with Crippen LogP contribution in [0.3, 0.4) is 0 Å². The van der Waals surface area contributed by atoms with Gasteiger partial charge >= 0.3 is 0 Å². The van der Waals surface area contributed by atoms with Crippen LogP contribution in [0.1, 0.15) is 25.6 Å². The van der Waals surface area contributed by atoms with Gasteiger partial charge in [-0.15, -0.1) is 11.6 Å². The number of benzene rings is 1. The van der Waals surface area contributed by atoms with Crippen molar-refractivity contribution >= 4 is 38.6 Å². The Morgan fingerprint density at radius 3 is 2.88 bits per heavy atom. The quantitative estimate of drug-likeness (QED) is 0.780. The summed E-state index contributed by atoms with van der Waals surface area (Å²) in [6, 6.07) is 6.27. The molecule has 4 heteroatoms. The monoisotopic (exact) mass is 312 g/mol. The van der Waals surface area contributed by atoms with Crippen molar-refractivity contribution in [3.63, 3.8) is 0 Å². The molecule has 90 valence electrons. The number of rotatable bonds is 3. The van der Waals surface area contributed by atoms with Gasteiger partial charge in [-0.25, -0.2) is 4.98 Å². The minimum Gasteiger partial charge on any atom is -0.322 e. The third-order valence-corrected chi connectivity index (χ3v) is 4.20. The largest absolute Gasteiger partial charge is 0.322 e. The maximum Gasteiger partial charge on any atom is 0.111 e. The summed E-state index contributed by atoms with van der Waals surface area (Å²) in [5, 5.41) is 0. The molecule has 1 aromatic carbocycles. The molecule has 0 atom stereocenters. The lowest BCUT2D eigenvalue weighted by Crippen LogP contribution is -2.16. The summed E-state index contributed by atoms with van der Waals surface area (Å²) in [7, 11) is 0. The number of nitrogens with zero attached hydrogens (tertiary/aromatic N) is 2. The van der Waals surface area contributed by atoms with E-state index in [1.54, 1.807) is 0 Å². The molecule has 0 saturated heterocycles. The van der Waals surface area contributed by atoms with Gasteiger partial charge in [-0.05, 0) is 38.0 Å². The second kappa shape index (κ2) is 3.99. The molecule has 2 aromatic rings. The standard InChI is InChI=1S/C13H14BrClN2/c1-13(5-6-13)17-11-8-9(14)2-3-10(11)16-12(17)4-7-15/h2-3,8H,4-7H2,1H3. The Balaban J connectivity index is 2.25. The molecule has 3 rings (SSSR count). The van der Waals surface area contributed by atoms with Crippen molar-refractivity contribution in [3.05, 3.63) is 28.5 Å². The van der Waals surface area contributed by atoms with Gasteiger partial charge < -0.3 is 4.57 Å². The van der Waals surface area contributed by atoms with Gasteiger partial charge in [-0.3, -0.25) is 0 Å². The highest BCUT2D eigenvalue weighted by Gasteiger charge is 2.41. The fraction of sp³-hybridized carbons (Fsp3) is 0.462. The Hall–Kier alpha value is -0.540. The summed E-state index contributed by atoms with van der Waals surface area (Å²) in [6.07, 6.45) is 3.31. The van der Waals surface area contributed by atoms with Gasteiger partial charge in [0.25, 0.3) is 0 Å². The van der Waals surface area contributed by atoms with Crippen molar-refractivity contribution in [1.82, 2.24) is 9.55 Å². The van der Waals surface area contributed by atoms with Crippen molar-refractivity contribution in [1.29, 1.82) is 0 Å². The molecule has 1 heterocycles. The van der Waals surface area contributed by atoms with E-state index in [0.717, 1.165) is 22.2 Å². The van der Waals surface area contributed by atoms with Crippen molar-refractivity contribution in [2.24, 2.45) is 0 Å². The molecular formula is C13H14BrClN2. The zero-order valence-corrected chi connectivity index (χ0v) is 12.1. The fourth-order valence-corrected chi connectivity index (χ4v) is 2.88. The van der Waals surface area contributed by atoms with Crippen LogP contribution in [0.15, 0.2) is 22.7 Å². The van der Waals surface area contributed by atoms with Gasteiger partial charge in [0.05, 0.1) is 11.0 Å². The van der Waals surface area contributed by atoms with Gasteiger partial charge in [0.2, 0.25) is 0 Å². The topological polar surface area (TPSA) is 17.8 Å². The van der Waals surface area contributed by atoms with Gasteiger partial charge in [-0.2, -0.15) is 0 Å². The molecule has 1 aliphatic carbocycles. The lowest BCUT2D eigenvalue weighted by Gasteiger charge is -2.15. The van der Waals surface area contributed by atoms with Gasteiger partial charge in [0, 0.05) is 22.3 Å². The zero-order valence-electron chi connectivity index (χ0n) is 9.71. The highest BCUT2D eigenvalue weighted by Crippen LogP contribution is 2.45. The highest BCUT2D eigenvalue weighted by atomic mass is 79.9. The summed E-state index contributed by atoms with van der Waals surface area (Å²) in [6.45, 7) is 2.30. The number of imidazole rings is 1. The minimum absolute atomic E-state index is 0.261. The first-order chi connectivity index (χ1) is 8.14. The van der Waals surface area contributed by atoms with E-state index >= 15 is 0 Å². The van der Waals surface area contributed by atoms with Crippen LogP contribution >= 0.6 is 27.5 Å². The molecular weight excluding hydrogens is 300 g/mol. The summed E-state index contributed by atoms with van der Waals surface area (Å²) in [5.74, 6) is 1.74. The number of hydrogen-bond donors (Lipinski definition) is 0. The number of alkyl halides is 1. The number of aryl methyl sites for hydroxylation is 1. The molecule has 0 spiro atoms. The first-order valence-electron chi connectivity index (χ1n) is 5.87. The van der Waals surface area contributed by atoms with Crippen LogP contribution in [0.2, 0.25) is 0 Å². The minimum atomic E-state index is 0.261. The third kappa shape index (κ3) is 1.89. The molecule has 1 aliphatic rings. The second-order valence-corrected chi connectivity index (χ2v) is 6.23. The predicted molar refractivity (Wildman–Crippen MR) is 74.7 cm³/mol. The van der Waals surface area contributed by atoms with E-state index in [0.29, 0.717) is 5.88 Å². The van der Waals surface area contributed by atoms with E-state index in [1.165, 1.54) is 18.4 Å². The Labute approximate surface area is 114 Å². The van der Waals surface area contributed by atoms with E-state index < -0.39 is 0 Å². The fourth-order valence-electron chi connectivity index (χ4n) is 2.36. The predicted octanol–water partition coefficient (Wildman–Crippen LogP) is 4.09. The molecule has 0 bridgehead atoms. The molecule has 1 aromatic heterocycles. The third-order valence-electron chi connectivity index (χ3n) is 3.52. The lowest BCUT2D eigenvalue weighted by atomic mass is 10.2. The Bertz CT molecular complexity index is 572. The number of aromatic nitrogens is 2. The van der Waals surface area contributed by atoms with Crippen LogP contribution in [0.4, 0.5) is 0 Å². The highest BCUT2D eigenvalue weighted by molar-refractivity contribution is 9.10. The van der Waals surface area contributed by atoms with Crippen molar-refractivity contribution in [3.8, 4) is 0 Å². The smallest absolute Gasteiger partial charge is 0.111 e. The SMILES string of the molecule is CC1(n2c(CCCl)nc3ccc(Br)cc32)CC1. The molecule has 1 fully saturated rings. The average Bonchev–Trinajstić information content (AvgIpc) is 2.91. The number of fused-ring (bicyclic) bond motifs is 1. The molecule has 2 nitrogen and oxygen atoms in total. The van der Waals surface area contributed by atoms with Crippen molar-refractivity contribution in [2.75, 3.05) is 5.88 Å². The maximum absolute atomic E-state index is 5.87. The summed E-state index contributed by atoms with van der Waals surface area (Å²) >= 11 is 9.41. The van der Waals surface area contributed by atoms with Crippen LogP contribution in [0, 0.1) is 0 Å². The van der Waals surface area contributed by atoms with Crippen molar-refractivity contribution in [2.45, 2.75) is 31.7 Å². The first kappa shape index (κ1) is 11.5. The molecule has 0 aliphatic heterocycles. The van der Waals surface area contributed by atoms with Gasteiger partial charge in [-0.1, -0.05) is 15.9 Å². The van der Waals surface area contributed by atoms with Crippen molar-refractivity contribution < 1.29 is 0 Å². The summed E-state index contributed by atoms with van der Waals surface area (Å²) in [5.41, 5.74) is 2.55.